The molecular weight excluding hydrogens is 476 g/mol. The van der Waals surface area contributed by atoms with E-state index in [9.17, 15) is 19.8 Å². The highest BCUT2D eigenvalue weighted by Crippen LogP contribution is 2.75. The molecule has 0 unspecified atom stereocenters. The highest BCUT2D eigenvalue weighted by molar-refractivity contribution is 6.06. The molecule has 0 aliphatic heterocycles. The molecule has 0 spiro atoms. The van der Waals surface area contributed by atoms with Gasteiger partial charge in [-0.05, 0) is 105 Å². The van der Waals surface area contributed by atoms with Gasteiger partial charge in [-0.15, -0.1) is 0 Å². The molecular formula is C32H46N2O4. The van der Waals surface area contributed by atoms with Crippen molar-refractivity contribution in [3.63, 3.8) is 0 Å². The topological polar surface area (TPSA) is 98.7 Å². The third-order valence-electron chi connectivity index (χ3n) is 11.9. The second kappa shape index (κ2) is 8.58. The lowest BCUT2D eigenvalue weighted by molar-refractivity contribution is -0.152. The van der Waals surface area contributed by atoms with Crippen LogP contribution in [0.25, 0.3) is 0 Å². The van der Waals surface area contributed by atoms with Gasteiger partial charge in [0.05, 0.1) is 12.6 Å². The molecule has 0 radical (unpaired) electrons. The van der Waals surface area contributed by atoms with Crippen LogP contribution in [-0.4, -0.2) is 40.2 Å². The summed E-state index contributed by atoms with van der Waals surface area (Å²) in [5.41, 5.74) is 3.85. The molecule has 6 nitrogen and oxygen atoms in total. The first-order chi connectivity index (χ1) is 17.6. The van der Waals surface area contributed by atoms with Gasteiger partial charge < -0.3 is 20.8 Å². The number of carbonyl (C=O) groups is 2. The van der Waals surface area contributed by atoms with Crippen molar-refractivity contribution in [1.29, 1.82) is 0 Å². The van der Waals surface area contributed by atoms with E-state index in [1.807, 2.05) is 6.92 Å². The Balaban J connectivity index is 1.52. The van der Waals surface area contributed by atoms with Crippen molar-refractivity contribution < 1.29 is 19.8 Å². The van der Waals surface area contributed by atoms with Gasteiger partial charge in [0.2, 0.25) is 5.78 Å². The summed E-state index contributed by atoms with van der Waals surface area (Å²) in [4.78, 5) is 25.5. The van der Waals surface area contributed by atoms with Gasteiger partial charge in [0.15, 0.2) is 5.76 Å². The van der Waals surface area contributed by atoms with Crippen molar-refractivity contribution in [2.75, 3.05) is 6.61 Å². The summed E-state index contributed by atoms with van der Waals surface area (Å²) in [5, 5.41) is 25.9. The largest absolute Gasteiger partial charge is 0.504 e. The Hall–Kier alpha value is -2.34. The summed E-state index contributed by atoms with van der Waals surface area (Å²) >= 11 is 0. The molecule has 0 heterocycles. The van der Waals surface area contributed by atoms with Crippen LogP contribution in [0.2, 0.25) is 0 Å². The smallest absolute Gasteiger partial charge is 0.315 e. The standard InChI is InChI=1S/C32H46N2O4/c1-19(18-35)33-27(38)34-29(4)12-10-28(3)11-14-31(6)24-9-8-21-20(2)26(37)23(36)16-22(21)30(24,5)13-15-32(31,7)25(28)17-29/h8-9,16,19,25,35,37H,10-15,17-18H2,1-7H3,(H2,33,34,38)/t19-,25-,28-,29-,30+,31-,32+/m1/s1. The van der Waals surface area contributed by atoms with Crippen LogP contribution in [0, 0.1) is 27.6 Å². The van der Waals surface area contributed by atoms with Crippen LogP contribution in [0.3, 0.4) is 0 Å². The minimum atomic E-state index is -0.308. The Morgan fingerprint density at radius 1 is 1.05 bits per heavy atom. The molecule has 5 aliphatic carbocycles. The molecule has 0 aromatic carbocycles. The third kappa shape index (κ3) is 3.69. The fourth-order valence-corrected chi connectivity index (χ4v) is 9.15. The SMILES string of the molecule is CC1=C(O)C(=O)C=C2C1=CC=C1[C@@]2(C)CC[C@@]2(C)[C@@H]3C[C@](C)(NC(=O)N[C@H](C)CO)CC[C@]3(C)CC[C@]12C. The summed E-state index contributed by atoms with van der Waals surface area (Å²) < 4.78 is 0. The fraction of sp³-hybridized carbons (Fsp3) is 0.688. The normalized spacial score (nSPS) is 42.9. The van der Waals surface area contributed by atoms with Crippen LogP contribution in [0.5, 0.6) is 0 Å². The molecule has 5 rings (SSSR count). The van der Waals surface area contributed by atoms with Crippen LogP contribution in [0.1, 0.15) is 93.4 Å². The van der Waals surface area contributed by atoms with Crippen molar-refractivity contribution in [3.05, 3.63) is 46.3 Å². The molecule has 0 bridgehead atoms. The van der Waals surface area contributed by atoms with E-state index >= 15 is 0 Å². The van der Waals surface area contributed by atoms with Gasteiger partial charge in [-0.3, -0.25) is 4.79 Å². The maximum absolute atomic E-state index is 12.8. The zero-order valence-corrected chi connectivity index (χ0v) is 24.3. The number of hydrogen-bond donors (Lipinski definition) is 4. The average molecular weight is 523 g/mol. The van der Waals surface area contributed by atoms with E-state index < -0.39 is 0 Å². The molecule has 3 saturated carbocycles. The molecule has 7 atom stereocenters. The Kier molecular flexibility index (Phi) is 6.15. The third-order valence-corrected chi connectivity index (χ3v) is 11.9. The van der Waals surface area contributed by atoms with Gasteiger partial charge in [-0.2, -0.15) is 0 Å². The number of carbonyl (C=O) groups excluding carboxylic acids is 2. The summed E-state index contributed by atoms with van der Waals surface area (Å²) in [6.45, 7) is 15.5. The number of rotatable bonds is 3. The quantitative estimate of drug-likeness (QED) is 0.363. The van der Waals surface area contributed by atoms with E-state index in [-0.39, 0.29) is 57.4 Å². The summed E-state index contributed by atoms with van der Waals surface area (Å²) in [6.07, 6.45) is 13.4. The lowest BCUT2D eigenvalue weighted by Gasteiger charge is -2.70. The number of fused-ring (bicyclic) bond motifs is 7. The number of nitrogens with one attached hydrogen (secondary N) is 2. The highest BCUT2D eigenvalue weighted by Gasteiger charge is 2.66. The first-order valence-corrected chi connectivity index (χ1v) is 14.4. The number of aliphatic hydroxyl groups is 2. The zero-order chi connectivity index (χ0) is 27.9. The van der Waals surface area contributed by atoms with E-state index in [0.29, 0.717) is 11.5 Å². The predicted molar refractivity (Wildman–Crippen MR) is 149 cm³/mol. The van der Waals surface area contributed by atoms with Crippen LogP contribution in [0.15, 0.2) is 46.3 Å². The number of aliphatic hydroxyl groups excluding tert-OH is 2. The van der Waals surface area contributed by atoms with Crippen molar-refractivity contribution in [3.8, 4) is 0 Å². The lowest BCUT2D eigenvalue weighted by Crippen LogP contribution is -2.65. The number of hydrogen-bond acceptors (Lipinski definition) is 4. The van der Waals surface area contributed by atoms with Crippen LogP contribution in [0.4, 0.5) is 4.79 Å². The monoisotopic (exact) mass is 522 g/mol. The fourth-order valence-electron chi connectivity index (χ4n) is 9.15. The van der Waals surface area contributed by atoms with Gasteiger partial charge in [0.1, 0.15) is 0 Å². The first kappa shape index (κ1) is 27.2. The number of urea groups is 1. The van der Waals surface area contributed by atoms with Gasteiger partial charge in [-0.25, -0.2) is 4.79 Å². The van der Waals surface area contributed by atoms with Crippen LogP contribution < -0.4 is 10.6 Å². The molecule has 0 saturated heterocycles. The number of ketones is 1. The Bertz CT molecular complexity index is 1210. The van der Waals surface area contributed by atoms with Crippen molar-refractivity contribution in [2.24, 2.45) is 27.6 Å². The molecule has 0 aromatic rings. The maximum Gasteiger partial charge on any atom is 0.315 e. The van der Waals surface area contributed by atoms with Crippen molar-refractivity contribution in [1.82, 2.24) is 10.6 Å². The first-order valence-electron chi connectivity index (χ1n) is 14.4. The zero-order valence-electron chi connectivity index (χ0n) is 24.3. The molecule has 2 amide bonds. The Labute approximate surface area is 227 Å². The van der Waals surface area contributed by atoms with E-state index in [1.54, 1.807) is 13.0 Å². The highest BCUT2D eigenvalue weighted by atomic mass is 16.3. The number of amides is 2. The van der Waals surface area contributed by atoms with E-state index in [1.165, 1.54) is 5.57 Å². The average Bonchev–Trinajstić information content (AvgIpc) is 2.85. The second-order valence-corrected chi connectivity index (χ2v) is 14.3. The number of allylic oxidation sites excluding steroid dienone is 7. The maximum atomic E-state index is 12.8. The molecule has 6 heteroatoms. The van der Waals surface area contributed by atoms with Gasteiger partial charge in [-0.1, -0.05) is 45.4 Å². The summed E-state index contributed by atoms with van der Waals surface area (Å²) in [7, 11) is 0. The molecule has 4 N–H and O–H groups in total. The molecule has 208 valence electrons. The van der Waals surface area contributed by atoms with Crippen LogP contribution >= 0.6 is 0 Å². The molecule has 0 aromatic heterocycles. The van der Waals surface area contributed by atoms with Crippen molar-refractivity contribution in [2.45, 2.75) is 105 Å². The van der Waals surface area contributed by atoms with E-state index in [2.05, 4.69) is 57.4 Å². The minimum absolute atomic E-state index is 0.0425. The summed E-state index contributed by atoms with van der Waals surface area (Å²) in [6, 6.07) is -0.484. The van der Waals surface area contributed by atoms with Crippen LogP contribution in [-0.2, 0) is 4.79 Å². The minimum Gasteiger partial charge on any atom is -0.504 e. The van der Waals surface area contributed by atoms with E-state index in [0.717, 1.165) is 56.1 Å². The molecule has 3 fully saturated rings. The van der Waals surface area contributed by atoms with Crippen molar-refractivity contribution >= 4 is 11.8 Å². The second-order valence-electron chi connectivity index (χ2n) is 14.3. The predicted octanol–water partition coefficient (Wildman–Crippen LogP) is 6.05. The van der Waals surface area contributed by atoms with E-state index in [4.69, 9.17) is 0 Å². The van der Waals surface area contributed by atoms with Gasteiger partial charge >= 0.3 is 6.03 Å². The molecule has 38 heavy (non-hydrogen) atoms. The Morgan fingerprint density at radius 3 is 2.42 bits per heavy atom. The van der Waals surface area contributed by atoms with Gasteiger partial charge in [0, 0.05) is 16.5 Å². The van der Waals surface area contributed by atoms with Gasteiger partial charge in [0.25, 0.3) is 0 Å². The summed E-state index contributed by atoms with van der Waals surface area (Å²) in [5.74, 6) is 0.0217. The lowest BCUT2D eigenvalue weighted by atomic mass is 9.35. The Morgan fingerprint density at radius 2 is 1.74 bits per heavy atom. The molecule has 5 aliphatic rings.